The highest BCUT2D eigenvalue weighted by molar-refractivity contribution is 5.92. The van der Waals surface area contributed by atoms with Crippen molar-refractivity contribution in [1.82, 2.24) is 0 Å². The van der Waals surface area contributed by atoms with E-state index in [1.54, 1.807) is 6.07 Å². The van der Waals surface area contributed by atoms with Gasteiger partial charge in [0.1, 0.15) is 5.78 Å². The van der Waals surface area contributed by atoms with Gasteiger partial charge in [-0.25, -0.2) is 0 Å². The van der Waals surface area contributed by atoms with Crippen molar-refractivity contribution in [3.63, 3.8) is 0 Å². The molecule has 5 heteroatoms. The van der Waals surface area contributed by atoms with E-state index in [9.17, 15) is 14.9 Å². The first kappa shape index (κ1) is 12.5. The molecule has 1 aromatic carbocycles. The Kier molecular flexibility index (Phi) is 2.84. The smallest absolute Gasteiger partial charge is 0.311 e. The van der Waals surface area contributed by atoms with Gasteiger partial charge in [0, 0.05) is 17.9 Å². The molecular weight excluding hydrogens is 234 g/mol. The molecule has 0 radical (unpaired) electrons. The summed E-state index contributed by atoms with van der Waals surface area (Å²) >= 11 is 0. The van der Waals surface area contributed by atoms with Gasteiger partial charge in [0.2, 0.25) is 0 Å². The Bertz CT molecular complexity index is 534. The number of fused-ring (bicyclic) bond motifs is 1. The molecule has 0 aliphatic heterocycles. The zero-order valence-electron chi connectivity index (χ0n) is 10.6. The molecule has 0 bridgehead atoms. The van der Waals surface area contributed by atoms with E-state index in [0.29, 0.717) is 12.8 Å². The number of aryl methyl sites for hydroxylation is 1. The zero-order valence-corrected chi connectivity index (χ0v) is 10.6. The molecule has 0 heterocycles. The molecule has 96 valence electrons. The van der Waals surface area contributed by atoms with Gasteiger partial charge in [-0.15, -0.1) is 0 Å². The van der Waals surface area contributed by atoms with Crippen LogP contribution < -0.4 is 4.74 Å². The largest absolute Gasteiger partial charge is 0.490 e. The lowest BCUT2D eigenvalue weighted by molar-refractivity contribution is -0.385. The van der Waals surface area contributed by atoms with E-state index in [1.165, 1.54) is 13.2 Å². The number of hydrogen-bond acceptors (Lipinski definition) is 4. The number of carbonyl (C=O) groups excluding carboxylic acids is 1. The van der Waals surface area contributed by atoms with Crippen LogP contribution >= 0.6 is 0 Å². The molecule has 0 atom stereocenters. The van der Waals surface area contributed by atoms with E-state index < -0.39 is 10.3 Å². The van der Waals surface area contributed by atoms with Crippen LogP contribution in [0.5, 0.6) is 5.75 Å². The number of Topliss-reactive ketones (excluding diaryl/α,β-unsaturated/α-hetero) is 1. The summed E-state index contributed by atoms with van der Waals surface area (Å²) in [5, 5.41) is 11.0. The van der Waals surface area contributed by atoms with Crippen LogP contribution in [-0.4, -0.2) is 17.8 Å². The summed E-state index contributed by atoms with van der Waals surface area (Å²) in [6, 6.07) is 3.16. The van der Waals surface area contributed by atoms with Crippen molar-refractivity contribution in [2.24, 2.45) is 0 Å². The fraction of sp³-hybridized carbons (Fsp3) is 0.462. The molecule has 0 amide bonds. The van der Waals surface area contributed by atoms with Crippen LogP contribution in [0.3, 0.4) is 0 Å². The zero-order chi connectivity index (χ0) is 13.5. The van der Waals surface area contributed by atoms with Crippen molar-refractivity contribution in [3.8, 4) is 5.75 Å². The predicted molar refractivity (Wildman–Crippen MR) is 66.0 cm³/mol. The second-order valence-corrected chi connectivity index (χ2v) is 4.99. The minimum absolute atomic E-state index is 0.0404. The molecule has 0 spiro atoms. The monoisotopic (exact) mass is 249 g/mol. The summed E-state index contributed by atoms with van der Waals surface area (Å²) < 4.78 is 5.05. The molecule has 5 nitrogen and oxygen atoms in total. The van der Waals surface area contributed by atoms with Crippen LogP contribution in [-0.2, 0) is 16.6 Å². The Hall–Kier alpha value is -1.91. The number of nitrogens with zero attached hydrogens (tertiary/aromatic N) is 1. The fourth-order valence-electron chi connectivity index (χ4n) is 2.42. The average molecular weight is 249 g/mol. The number of carbonyl (C=O) groups is 1. The highest BCUT2D eigenvalue weighted by Crippen LogP contribution is 2.40. The minimum atomic E-state index is -0.601. The average Bonchev–Trinajstić information content (AvgIpc) is 2.33. The third-order valence-electron chi connectivity index (χ3n) is 3.59. The van der Waals surface area contributed by atoms with Crippen molar-refractivity contribution >= 4 is 11.5 Å². The van der Waals surface area contributed by atoms with Gasteiger partial charge < -0.3 is 4.74 Å². The number of hydrogen-bond donors (Lipinski definition) is 0. The Labute approximate surface area is 105 Å². The lowest BCUT2D eigenvalue weighted by Crippen LogP contribution is -2.34. The summed E-state index contributed by atoms with van der Waals surface area (Å²) in [6.45, 7) is 3.69. The summed E-state index contributed by atoms with van der Waals surface area (Å²) in [5.41, 5.74) is 1.06. The normalized spacial score (nSPS) is 17.2. The Morgan fingerprint density at radius 2 is 2.00 bits per heavy atom. The van der Waals surface area contributed by atoms with Gasteiger partial charge in [-0.2, -0.15) is 0 Å². The van der Waals surface area contributed by atoms with Crippen LogP contribution in [0.15, 0.2) is 12.1 Å². The van der Waals surface area contributed by atoms with E-state index in [2.05, 4.69) is 0 Å². The third-order valence-corrected chi connectivity index (χ3v) is 3.59. The number of methoxy groups -OCH3 is 1. The van der Waals surface area contributed by atoms with Crippen molar-refractivity contribution in [1.29, 1.82) is 0 Å². The molecule has 0 N–H and O–H groups in total. The van der Waals surface area contributed by atoms with Gasteiger partial charge in [-0.05, 0) is 37.5 Å². The molecule has 0 unspecified atom stereocenters. The molecular formula is C13H15NO4. The lowest BCUT2D eigenvalue weighted by atomic mass is 9.71. The van der Waals surface area contributed by atoms with E-state index >= 15 is 0 Å². The van der Waals surface area contributed by atoms with Gasteiger partial charge in [-0.1, -0.05) is 0 Å². The summed E-state index contributed by atoms with van der Waals surface area (Å²) in [4.78, 5) is 22.4. The van der Waals surface area contributed by atoms with Crippen molar-refractivity contribution in [2.45, 2.75) is 32.1 Å². The summed E-state index contributed by atoms with van der Waals surface area (Å²) in [6.07, 6.45) is 0.992. The van der Waals surface area contributed by atoms with Crippen molar-refractivity contribution in [3.05, 3.63) is 33.4 Å². The van der Waals surface area contributed by atoms with E-state index in [4.69, 9.17) is 4.74 Å². The van der Waals surface area contributed by atoms with Crippen LogP contribution in [0.1, 0.15) is 31.4 Å². The first-order valence-electron chi connectivity index (χ1n) is 5.77. The molecule has 0 aromatic heterocycles. The minimum Gasteiger partial charge on any atom is -0.490 e. The number of nitro benzene ring substituents is 1. The number of rotatable bonds is 2. The second-order valence-electron chi connectivity index (χ2n) is 4.99. The van der Waals surface area contributed by atoms with Crippen LogP contribution in [0.25, 0.3) is 0 Å². The molecule has 2 rings (SSSR count). The molecule has 1 aromatic rings. The Morgan fingerprint density at radius 3 is 2.56 bits per heavy atom. The predicted octanol–water partition coefficient (Wildman–Crippen LogP) is 2.40. The Balaban J connectivity index is 2.66. The van der Waals surface area contributed by atoms with E-state index in [0.717, 1.165) is 11.1 Å². The van der Waals surface area contributed by atoms with Gasteiger partial charge in [-0.3, -0.25) is 14.9 Å². The molecule has 18 heavy (non-hydrogen) atoms. The number of ketones is 1. The summed E-state index contributed by atoms with van der Waals surface area (Å²) in [7, 11) is 1.40. The van der Waals surface area contributed by atoms with Gasteiger partial charge in [0.25, 0.3) is 0 Å². The SMILES string of the molecule is COc1cc2c(cc1[N+](=O)[O-])CCC(=O)C2(C)C. The maximum atomic E-state index is 11.9. The molecule has 1 aliphatic carbocycles. The first-order chi connectivity index (χ1) is 8.37. The van der Waals surface area contributed by atoms with E-state index in [-0.39, 0.29) is 17.2 Å². The van der Waals surface area contributed by atoms with Gasteiger partial charge in [0.15, 0.2) is 5.75 Å². The maximum absolute atomic E-state index is 11.9. The van der Waals surface area contributed by atoms with Gasteiger partial charge in [0.05, 0.1) is 12.0 Å². The first-order valence-corrected chi connectivity index (χ1v) is 5.77. The Morgan fingerprint density at radius 1 is 1.33 bits per heavy atom. The topological polar surface area (TPSA) is 69.4 Å². The van der Waals surface area contributed by atoms with Crippen molar-refractivity contribution in [2.75, 3.05) is 7.11 Å². The second kappa shape index (κ2) is 4.08. The van der Waals surface area contributed by atoms with Crippen LogP contribution in [0, 0.1) is 10.1 Å². The third kappa shape index (κ3) is 1.75. The highest BCUT2D eigenvalue weighted by atomic mass is 16.6. The molecule has 0 saturated carbocycles. The standard InChI is InChI=1S/C13H15NO4/c1-13(2)9-7-11(18-3)10(14(16)17)6-8(9)4-5-12(13)15/h6-7H,4-5H2,1-3H3. The fourth-order valence-corrected chi connectivity index (χ4v) is 2.42. The molecule has 0 saturated heterocycles. The maximum Gasteiger partial charge on any atom is 0.311 e. The van der Waals surface area contributed by atoms with Crippen LogP contribution in [0.4, 0.5) is 5.69 Å². The molecule has 1 aliphatic rings. The van der Waals surface area contributed by atoms with Gasteiger partial charge >= 0.3 is 5.69 Å². The van der Waals surface area contributed by atoms with Crippen molar-refractivity contribution < 1.29 is 14.5 Å². The molecule has 0 fully saturated rings. The van der Waals surface area contributed by atoms with Crippen LogP contribution in [0.2, 0.25) is 0 Å². The number of nitro groups is 1. The van der Waals surface area contributed by atoms with E-state index in [1.807, 2.05) is 13.8 Å². The quantitative estimate of drug-likeness (QED) is 0.596. The number of ether oxygens (including phenoxy) is 1. The number of benzene rings is 1. The summed E-state index contributed by atoms with van der Waals surface area (Å²) in [5.74, 6) is 0.368. The lowest BCUT2D eigenvalue weighted by Gasteiger charge is -2.31. The highest BCUT2D eigenvalue weighted by Gasteiger charge is 2.37.